The van der Waals surface area contributed by atoms with Crippen molar-refractivity contribution in [2.75, 3.05) is 13.1 Å². The summed E-state index contributed by atoms with van der Waals surface area (Å²) < 4.78 is 0. The van der Waals surface area contributed by atoms with Gasteiger partial charge in [0.15, 0.2) is 0 Å². The average Bonchev–Trinajstić information content (AvgIpc) is 2.33. The second-order valence-electron chi connectivity index (χ2n) is 6.12. The smallest absolute Gasteiger partial charge is 0.273 e. The summed E-state index contributed by atoms with van der Waals surface area (Å²) >= 11 is 5.96. The van der Waals surface area contributed by atoms with E-state index in [1.165, 1.54) is 6.07 Å². The molecular formula is C14H21Cl2N3O2. The van der Waals surface area contributed by atoms with Crippen molar-refractivity contribution < 1.29 is 4.92 Å². The van der Waals surface area contributed by atoms with Crippen molar-refractivity contribution in [2.45, 2.75) is 32.9 Å². The molecule has 1 fully saturated rings. The van der Waals surface area contributed by atoms with Crippen molar-refractivity contribution in [1.82, 2.24) is 4.90 Å². The van der Waals surface area contributed by atoms with E-state index in [-0.39, 0.29) is 34.5 Å². The zero-order chi connectivity index (χ0) is 14.9. The minimum Gasteiger partial charge on any atom is -0.327 e. The minimum absolute atomic E-state index is 0. The molecule has 0 radical (unpaired) electrons. The zero-order valence-electron chi connectivity index (χ0n) is 12.2. The SMILES string of the molecule is CC1(C)CN(Cc2cc(Cl)ccc2[N+](=O)[O-])CCC1N.Cl. The number of piperidine rings is 1. The molecule has 2 rings (SSSR count). The Morgan fingerprint density at radius 1 is 1.52 bits per heavy atom. The van der Waals surface area contributed by atoms with Crippen LogP contribution in [0.3, 0.4) is 0 Å². The summed E-state index contributed by atoms with van der Waals surface area (Å²) in [6, 6.07) is 4.88. The van der Waals surface area contributed by atoms with Gasteiger partial charge >= 0.3 is 0 Å². The van der Waals surface area contributed by atoms with Gasteiger partial charge in [-0.25, -0.2) is 0 Å². The Bertz CT molecular complexity index is 523. The molecule has 21 heavy (non-hydrogen) atoms. The highest BCUT2D eigenvalue weighted by Crippen LogP contribution is 2.30. The molecule has 7 heteroatoms. The van der Waals surface area contributed by atoms with Gasteiger partial charge in [0.05, 0.1) is 4.92 Å². The molecule has 1 aromatic carbocycles. The van der Waals surface area contributed by atoms with E-state index in [1.807, 2.05) is 0 Å². The van der Waals surface area contributed by atoms with Gasteiger partial charge in [-0.1, -0.05) is 25.4 Å². The first-order valence-electron chi connectivity index (χ1n) is 6.70. The van der Waals surface area contributed by atoms with E-state index < -0.39 is 0 Å². The van der Waals surface area contributed by atoms with E-state index in [4.69, 9.17) is 17.3 Å². The van der Waals surface area contributed by atoms with Gasteiger partial charge in [0.2, 0.25) is 0 Å². The fourth-order valence-electron chi connectivity index (χ4n) is 2.72. The molecule has 118 valence electrons. The van der Waals surface area contributed by atoms with E-state index in [1.54, 1.807) is 12.1 Å². The van der Waals surface area contributed by atoms with E-state index in [9.17, 15) is 10.1 Å². The molecule has 1 aliphatic heterocycles. The predicted octanol–water partition coefficient (Wildman–Crippen LogP) is 3.23. The normalized spacial score (nSPS) is 21.6. The predicted molar refractivity (Wildman–Crippen MR) is 87.0 cm³/mol. The molecule has 1 aromatic rings. The van der Waals surface area contributed by atoms with Crippen molar-refractivity contribution >= 4 is 29.7 Å². The second-order valence-corrected chi connectivity index (χ2v) is 6.56. The maximum Gasteiger partial charge on any atom is 0.273 e. The third kappa shape index (κ3) is 4.30. The Morgan fingerprint density at radius 3 is 2.76 bits per heavy atom. The largest absolute Gasteiger partial charge is 0.327 e. The van der Waals surface area contributed by atoms with Crippen LogP contribution in [0.1, 0.15) is 25.8 Å². The lowest BCUT2D eigenvalue weighted by Crippen LogP contribution is -2.52. The Labute approximate surface area is 136 Å². The summed E-state index contributed by atoms with van der Waals surface area (Å²) in [6.45, 7) is 6.49. The van der Waals surface area contributed by atoms with Crippen LogP contribution >= 0.6 is 24.0 Å². The number of nitrogens with two attached hydrogens (primary N) is 1. The van der Waals surface area contributed by atoms with Crippen LogP contribution in [0.4, 0.5) is 5.69 Å². The third-order valence-electron chi connectivity index (χ3n) is 4.02. The fourth-order valence-corrected chi connectivity index (χ4v) is 2.91. The first-order chi connectivity index (χ1) is 9.29. The number of likely N-dealkylation sites (tertiary alicyclic amines) is 1. The molecule has 2 N–H and O–H groups in total. The molecule has 0 aliphatic carbocycles. The van der Waals surface area contributed by atoms with Crippen LogP contribution in [0.2, 0.25) is 5.02 Å². The molecular weight excluding hydrogens is 313 g/mol. The second kappa shape index (κ2) is 6.92. The fraction of sp³-hybridized carbons (Fsp3) is 0.571. The molecule has 1 atom stereocenters. The lowest BCUT2D eigenvalue weighted by Gasteiger charge is -2.42. The number of rotatable bonds is 3. The number of nitrogens with zero attached hydrogens (tertiary/aromatic N) is 2. The number of halogens is 2. The van der Waals surface area contributed by atoms with Crippen molar-refractivity contribution in [3.63, 3.8) is 0 Å². The molecule has 1 unspecified atom stereocenters. The quantitative estimate of drug-likeness (QED) is 0.680. The van der Waals surface area contributed by atoms with Crippen LogP contribution in [0.25, 0.3) is 0 Å². The van der Waals surface area contributed by atoms with Gasteiger partial charge < -0.3 is 5.73 Å². The molecule has 0 amide bonds. The van der Waals surface area contributed by atoms with Crippen LogP contribution in [0.5, 0.6) is 0 Å². The highest BCUT2D eigenvalue weighted by Gasteiger charge is 2.33. The Morgan fingerprint density at radius 2 is 2.19 bits per heavy atom. The summed E-state index contributed by atoms with van der Waals surface area (Å²) in [5, 5.41) is 11.6. The molecule has 0 spiro atoms. The van der Waals surface area contributed by atoms with E-state index in [0.29, 0.717) is 17.1 Å². The Balaban J connectivity index is 0.00000220. The molecule has 1 heterocycles. The number of benzene rings is 1. The summed E-state index contributed by atoms with van der Waals surface area (Å²) in [5.74, 6) is 0. The number of hydrogen-bond acceptors (Lipinski definition) is 4. The van der Waals surface area contributed by atoms with Gasteiger partial charge in [-0.2, -0.15) is 0 Å². The Kier molecular flexibility index (Phi) is 5.99. The van der Waals surface area contributed by atoms with Crippen LogP contribution in [-0.2, 0) is 6.54 Å². The van der Waals surface area contributed by atoms with Crippen LogP contribution in [-0.4, -0.2) is 29.0 Å². The first kappa shape index (κ1) is 18.2. The van der Waals surface area contributed by atoms with Crippen LogP contribution in [0, 0.1) is 15.5 Å². The topological polar surface area (TPSA) is 72.4 Å². The standard InChI is InChI=1S/C14H20ClN3O2.ClH/c1-14(2)9-17(6-5-13(14)16)8-10-7-11(15)3-4-12(10)18(19)20;/h3-4,7,13H,5-6,8-9,16H2,1-2H3;1H. The van der Waals surface area contributed by atoms with Gasteiger partial charge in [-0.3, -0.25) is 15.0 Å². The molecule has 0 bridgehead atoms. The molecule has 0 saturated carbocycles. The van der Waals surface area contributed by atoms with Gasteiger partial charge in [0.1, 0.15) is 0 Å². The number of nitro groups is 1. The lowest BCUT2D eigenvalue weighted by molar-refractivity contribution is -0.385. The maximum absolute atomic E-state index is 11.1. The van der Waals surface area contributed by atoms with Crippen molar-refractivity contribution in [3.8, 4) is 0 Å². The van der Waals surface area contributed by atoms with Crippen molar-refractivity contribution in [2.24, 2.45) is 11.1 Å². The van der Waals surface area contributed by atoms with Crippen LogP contribution in [0.15, 0.2) is 18.2 Å². The first-order valence-corrected chi connectivity index (χ1v) is 7.08. The van der Waals surface area contributed by atoms with Gasteiger partial charge in [-0.05, 0) is 24.0 Å². The maximum atomic E-state index is 11.1. The summed E-state index contributed by atoms with van der Waals surface area (Å²) in [5.41, 5.74) is 6.92. The summed E-state index contributed by atoms with van der Waals surface area (Å²) in [6.07, 6.45) is 0.904. The summed E-state index contributed by atoms with van der Waals surface area (Å²) in [4.78, 5) is 12.9. The molecule has 0 aromatic heterocycles. The van der Waals surface area contributed by atoms with E-state index in [0.717, 1.165) is 19.5 Å². The van der Waals surface area contributed by atoms with Crippen molar-refractivity contribution in [1.29, 1.82) is 0 Å². The minimum atomic E-state index is -0.355. The highest BCUT2D eigenvalue weighted by atomic mass is 35.5. The molecule has 5 nitrogen and oxygen atoms in total. The van der Waals surface area contributed by atoms with Crippen LogP contribution < -0.4 is 5.73 Å². The van der Waals surface area contributed by atoms with Crippen molar-refractivity contribution in [3.05, 3.63) is 38.9 Å². The number of hydrogen-bond donors (Lipinski definition) is 1. The van der Waals surface area contributed by atoms with Gasteiger partial charge in [0, 0.05) is 42.3 Å². The highest BCUT2D eigenvalue weighted by molar-refractivity contribution is 6.30. The van der Waals surface area contributed by atoms with Gasteiger partial charge in [-0.15, -0.1) is 12.4 Å². The molecule has 1 aliphatic rings. The lowest BCUT2D eigenvalue weighted by atomic mass is 9.79. The third-order valence-corrected chi connectivity index (χ3v) is 4.26. The number of nitro benzene ring substituents is 1. The molecule has 1 saturated heterocycles. The monoisotopic (exact) mass is 333 g/mol. The van der Waals surface area contributed by atoms with E-state index >= 15 is 0 Å². The Hall–Kier alpha value is -0.880. The van der Waals surface area contributed by atoms with Gasteiger partial charge in [0.25, 0.3) is 5.69 Å². The average molecular weight is 334 g/mol. The van der Waals surface area contributed by atoms with E-state index in [2.05, 4.69) is 18.7 Å². The zero-order valence-corrected chi connectivity index (χ0v) is 13.8. The summed E-state index contributed by atoms with van der Waals surface area (Å²) in [7, 11) is 0.